The van der Waals surface area contributed by atoms with Crippen molar-refractivity contribution in [1.82, 2.24) is 0 Å². The van der Waals surface area contributed by atoms with E-state index in [9.17, 15) is 0 Å². The number of aryl methyl sites for hydroxylation is 1. The van der Waals surface area contributed by atoms with Gasteiger partial charge in [0, 0.05) is 10.6 Å². The zero-order chi connectivity index (χ0) is 11.5. The van der Waals surface area contributed by atoms with E-state index in [1.165, 1.54) is 0 Å². The molecule has 2 heteroatoms. The van der Waals surface area contributed by atoms with Crippen LogP contribution in [-0.2, 0) is 0 Å². The maximum atomic E-state index is 8.71. The van der Waals surface area contributed by atoms with E-state index >= 15 is 0 Å². The molecule has 0 aliphatic rings. The molecule has 0 heterocycles. The summed E-state index contributed by atoms with van der Waals surface area (Å²) < 4.78 is 0. The van der Waals surface area contributed by atoms with Gasteiger partial charge in [-0.3, -0.25) is 0 Å². The lowest BCUT2D eigenvalue weighted by Gasteiger charge is -2.05. The van der Waals surface area contributed by atoms with Gasteiger partial charge >= 0.3 is 0 Å². The average Bonchev–Trinajstić information content (AvgIpc) is 2.29. The fourth-order valence-corrected chi connectivity index (χ4v) is 1.92. The van der Waals surface area contributed by atoms with Crippen LogP contribution in [0.15, 0.2) is 42.5 Å². The van der Waals surface area contributed by atoms with E-state index in [2.05, 4.69) is 6.07 Å². The molecule has 0 spiro atoms. The van der Waals surface area contributed by atoms with E-state index in [1.54, 1.807) is 12.1 Å². The number of hydrogen-bond donors (Lipinski definition) is 0. The first-order valence-corrected chi connectivity index (χ1v) is 5.35. The summed E-state index contributed by atoms with van der Waals surface area (Å²) in [6.45, 7) is 2.01. The Morgan fingerprint density at radius 3 is 2.31 bits per heavy atom. The highest BCUT2D eigenvalue weighted by atomic mass is 35.5. The van der Waals surface area contributed by atoms with E-state index in [0.29, 0.717) is 5.56 Å². The van der Waals surface area contributed by atoms with Crippen LogP contribution in [0.5, 0.6) is 0 Å². The van der Waals surface area contributed by atoms with Gasteiger partial charge in [0.25, 0.3) is 0 Å². The highest BCUT2D eigenvalue weighted by Gasteiger charge is 2.03. The number of benzene rings is 2. The van der Waals surface area contributed by atoms with Crippen molar-refractivity contribution < 1.29 is 0 Å². The molecule has 0 saturated heterocycles. The topological polar surface area (TPSA) is 23.8 Å². The van der Waals surface area contributed by atoms with Crippen LogP contribution in [0.2, 0.25) is 5.02 Å². The van der Waals surface area contributed by atoms with Crippen LogP contribution in [0.3, 0.4) is 0 Å². The molecule has 0 aromatic heterocycles. The summed E-state index contributed by atoms with van der Waals surface area (Å²) in [5.74, 6) is 0. The Morgan fingerprint density at radius 2 is 1.75 bits per heavy atom. The first-order chi connectivity index (χ1) is 7.70. The largest absolute Gasteiger partial charge is 0.192 e. The van der Waals surface area contributed by atoms with Crippen molar-refractivity contribution in [1.29, 1.82) is 5.26 Å². The van der Waals surface area contributed by atoms with Gasteiger partial charge in [-0.1, -0.05) is 35.9 Å². The Bertz CT molecular complexity index is 550. The van der Waals surface area contributed by atoms with Crippen LogP contribution >= 0.6 is 11.6 Å². The molecule has 0 N–H and O–H groups in total. The molecule has 0 saturated carbocycles. The van der Waals surface area contributed by atoms with Crippen molar-refractivity contribution in [2.45, 2.75) is 6.92 Å². The van der Waals surface area contributed by atoms with E-state index < -0.39 is 0 Å². The predicted octanol–water partition coefficient (Wildman–Crippen LogP) is 4.19. The third kappa shape index (κ3) is 2.08. The summed E-state index contributed by atoms with van der Waals surface area (Å²) in [6.07, 6.45) is 0. The number of hydrogen-bond acceptors (Lipinski definition) is 1. The standard InChI is InChI=1S/C14H10ClN/c1-10-2-7-13(14(15)8-10)12-5-3-11(9-16)4-6-12/h2-8H,1H3. The fraction of sp³-hybridized carbons (Fsp3) is 0.0714. The van der Waals surface area contributed by atoms with E-state index in [1.807, 2.05) is 37.3 Å². The van der Waals surface area contributed by atoms with Crippen LogP contribution in [0.1, 0.15) is 11.1 Å². The van der Waals surface area contributed by atoms with Crippen molar-refractivity contribution in [3.63, 3.8) is 0 Å². The van der Waals surface area contributed by atoms with Gasteiger partial charge in [-0.05, 0) is 36.2 Å². The molecule has 78 valence electrons. The molecule has 2 aromatic carbocycles. The third-order valence-corrected chi connectivity index (χ3v) is 2.76. The number of nitrogens with zero attached hydrogens (tertiary/aromatic N) is 1. The molecule has 0 bridgehead atoms. The summed E-state index contributed by atoms with van der Waals surface area (Å²) in [5, 5.41) is 9.45. The minimum atomic E-state index is 0.659. The second-order valence-corrected chi connectivity index (χ2v) is 4.08. The maximum Gasteiger partial charge on any atom is 0.0991 e. The van der Waals surface area contributed by atoms with Crippen molar-refractivity contribution in [3.05, 3.63) is 58.6 Å². The van der Waals surface area contributed by atoms with Crippen molar-refractivity contribution >= 4 is 11.6 Å². The minimum absolute atomic E-state index is 0.659. The molecule has 0 radical (unpaired) electrons. The highest BCUT2D eigenvalue weighted by molar-refractivity contribution is 6.33. The molecule has 0 atom stereocenters. The molecule has 16 heavy (non-hydrogen) atoms. The number of nitriles is 1. The monoisotopic (exact) mass is 227 g/mol. The van der Waals surface area contributed by atoms with Gasteiger partial charge in [0.2, 0.25) is 0 Å². The maximum absolute atomic E-state index is 8.71. The molecular weight excluding hydrogens is 218 g/mol. The summed E-state index contributed by atoms with van der Waals surface area (Å²) in [4.78, 5) is 0. The minimum Gasteiger partial charge on any atom is -0.192 e. The van der Waals surface area contributed by atoms with Crippen molar-refractivity contribution in [2.24, 2.45) is 0 Å². The fourth-order valence-electron chi connectivity index (χ4n) is 1.58. The number of halogens is 1. The van der Waals surface area contributed by atoms with E-state index in [-0.39, 0.29) is 0 Å². The van der Waals surface area contributed by atoms with E-state index in [0.717, 1.165) is 21.7 Å². The number of rotatable bonds is 1. The van der Waals surface area contributed by atoms with Crippen LogP contribution in [0.25, 0.3) is 11.1 Å². The lowest BCUT2D eigenvalue weighted by Crippen LogP contribution is -1.82. The zero-order valence-corrected chi connectivity index (χ0v) is 9.62. The SMILES string of the molecule is Cc1ccc(-c2ccc(C#N)cc2)c(Cl)c1. The van der Waals surface area contributed by atoms with Crippen LogP contribution in [-0.4, -0.2) is 0 Å². The van der Waals surface area contributed by atoms with Gasteiger partial charge in [0.1, 0.15) is 0 Å². The normalized spacial score (nSPS) is 9.81. The van der Waals surface area contributed by atoms with Crippen LogP contribution in [0.4, 0.5) is 0 Å². The highest BCUT2D eigenvalue weighted by Crippen LogP contribution is 2.28. The molecule has 0 fully saturated rings. The van der Waals surface area contributed by atoms with Gasteiger partial charge in [0.05, 0.1) is 11.6 Å². The Kier molecular flexibility index (Phi) is 2.94. The lowest BCUT2D eigenvalue weighted by atomic mass is 10.0. The van der Waals surface area contributed by atoms with E-state index in [4.69, 9.17) is 16.9 Å². The Balaban J connectivity index is 2.47. The van der Waals surface area contributed by atoms with Crippen LogP contribution in [0, 0.1) is 18.3 Å². The smallest absolute Gasteiger partial charge is 0.0991 e. The Hall–Kier alpha value is -1.78. The summed E-state index contributed by atoms with van der Waals surface area (Å²) >= 11 is 6.17. The molecule has 2 rings (SSSR count). The second kappa shape index (κ2) is 4.38. The molecule has 2 aromatic rings. The van der Waals surface area contributed by atoms with Gasteiger partial charge in [-0.2, -0.15) is 5.26 Å². The zero-order valence-electron chi connectivity index (χ0n) is 8.87. The van der Waals surface area contributed by atoms with Crippen LogP contribution < -0.4 is 0 Å². The second-order valence-electron chi connectivity index (χ2n) is 3.67. The molecule has 0 amide bonds. The van der Waals surface area contributed by atoms with Crippen molar-refractivity contribution in [2.75, 3.05) is 0 Å². The van der Waals surface area contributed by atoms with Gasteiger partial charge in [-0.15, -0.1) is 0 Å². The third-order valence-electron chi connectivity index (χ3n) is 2.45. The Labute approximate surface area is 99.9 Å². The van der Waals surface area contributed by atoms with Gasteiger partial charge in [0.15, 0.2) is 0 Å². The molecule has 1 nitrogen and oxygen atoms in total. The summed E-state index contributed by atoms with van der Waals surface area (Å²) in [6, 6.07) is 15.5. The summed E-state index contributed by atoms with van der Waals surface area (Å²) in [5.41, 5.74) is 3.83. The average molecular weight is 228 g/mol. The molecule has 0 unspecified atom stereocenters. The van der Waals surface area contributed by atoms with Gasteiger partial charge in [-0.25, -0.2) is 0 Å². The molecular formula is C14H10ClN. The molecule has 0 aliphatic heterocycles. The van der Waals surface area contributed by atoms with Gasteiger partial charge < -0.3 is 0 Å². The molecule has 0 aliphatic carbocycles. The first-order valence-electron chi connectivity index (χ1n) is 4.97. The Morgan fingerprint density at radius 1 is 1.06 bits per heavy atom. The van der Waals surface area contributed by atoms with Crippen molar-refractivity contribution in [3.8, 4) is 17.2 Å². The quantitative estimate of drug-likeness (QED) is 0.717. The summed E-state index contributed by atoms with van der Waals surface area (Å²) in [7, 11) is 0. The predicted molar refractivity (Wildman–Crippen MR) is 66.3 cm³/mol. The first kappa shape index (κ1) is 10.7. The lowest BCUT2D eigenvalue weighted by molar-refractivity contribution is 1.46.